The van der Waals surface area contributed by atoms with Crippen molar-refractivity contribution in [3.63, 3.8) is 0 Å². The minimum absolute atomic E-state index is 0.569. The maximum absolute atomic E-state index is 10.4. The van der Waals surface area contributed by atoms with Crippen molar-refractivity contribution in [1.82, 2.24) is 0 Å². The van der Waals surface area contributed by atoms with Crippen molar-refractivity contribution >= 4 is 0 Å². The number of ether oxygens (including phenoxy) is 1. The van der Waals surface area contributed by atoms with Crippen molar-refractivity contribution in [2.45, 2.75) is 26.9 Å². The number of aliphatic hydroxyl groups is 1. The Bertz CT molecular complexity index is 528. The molecular formula is C15H18O3. The van der Waals surface area contributed by atoms with E-state index in [0.717, 1.165) is 16.7 Å². The summed E-state index contributed by atoms with van der Waals surface area (Å²) in [7, 11) is 0. The highest BCUT2D eigenvalue weighted by molar-refractivity contribution is 5.42. The van der Waals surface area contributed by atoms with E-state index in [2.05, 4.69) is 0 Å². The molecule has 0 saturated heterocycles. The molecular weight excluding hydrogens is 228 g/mol. The average molecular weight is 246 g/mol. The standard InChI is InChI=1S/C15H18O3/c1-4-17-13-6-5-10(2)9-12(13)14(16)15-11(3)7-8-18-15/h5-9,14,16H,4H2,1-3H3. The van der Waals surface area contributed by atoms with E-state index in [-0.39, 0.29) is 0 Å². The molecule has 0 aliphatic carbocycles. The van der Waals surface area contributed by atoms with Gasteiger partial charge in [0.15, 0.2) is 0 Å². The predicted octanol–water partition coefficient (Wildman–Crippen LogP) is 3.38. The van der Waals surface area contributed by atoms with Gasteiger partial charge in [0, 0.05) is 5.56 Å². The van der Waals surface area contributed by atoms with Crippen LogP contribution in [-0.4, -0.2) is 11.7 Å². The number of rotatable bonds is 4. The second-order valence-electron chi connectivity index (χ2n) is 4.34. The van der Waals surface area contributed by atoms with Crippen LogP contribution in [0.15, 0.2) is 34.9 Å². The summed E-state index contributed by atoms with van der Waals surface area (Å²) in [5, 5.41) is 10.4. The quantitative estimate of drug-likeness (QED) is 0.899. The van der Waals surface area contributed by atoms with Crippen LogP contribution in [0, 0.1) is 13.8 Å². The maximum atomic E-state index is 10.4. The average Bonchev–Trinajstić information content (AvgIpc) is 2.77. The fourth-order valence-electron chi connectivity index (χ4n) is 1.97. The first-order chi connectivity index (χ1) is 8.63. The molecule has 0 spiro atoms. The van der Waals surface area contributed by atoms with E-state index in [1.807, 2.05) is 45.0 Å². The summed E-state index contributed by atoms with van der Waals surface area (Å²) in [5.74, 6) is 1.27. The van der Waals surface area contributed by atoms with E-state index in [1.54, 1.807) is 6.26 Å². The number of aliphatic hydroxyl groups excluding tert-OH is 1. The first kappa shape index (κ1) is 12.7. The molecule has 1 atom stereocenters. The lowest BCUT2D eigenvalue weighted by atomic mass is 10.0. The summed E-state index contributed by atoms with van der Waals surface area (Å²) in [5.41, 5.74) is 2.76. The Morgan fingerprint density at radius 1 is 1.28 bits per heavy atom. The minimum atomic E-state index is -0.790. The van der Waals surface area contributed by atoms with Gasteiger partial charge in [0.2, 0.25) is 0 Å². The monoisotopic (exact) mass is 246 g/mol. The van der Waals surface area contributed by atoms with Gasteiger partial charge in [-0.05, 0) is 44.5 Å². The number of hydrogen-bond donors (Lipinski definition) is 1. The zero-order chi connectivity index (χ0) is 13.1. The van der Waals surface area contributed by atoms with Crippen LogP contribution < -0.4 is 4.74 Å². The number of benzene rings is 1. The fraction of sp³-hybridized carbons (Fsp3) is 0.333. The van der Waals surface area contributed by atoms with Crippen LogP contribution in [0.5, 0.6) is 5.75 Å². The van der Waals surface area contributed by atoms with E-state index in [0.29, 0.717) is 18.1 Å². The lowest BCUT2D eigenvalue weighted by molar-refractivity contribution is 0.182. The molecule has 0 fully saturated rings. The largest absolute Gasteiger partial charge is 0.493 e. The molecule has 0 aliphatic rings. The van der Waals surface area contributed by atoms with Crippen molar-refractivity contribution in [3.05, 3.63) is 53.0 Å². The highest BCUT2D eigenvalue weighted by Crippen LogP contribution is 2.32. The highest BCUT2D eigenvalue weighted by Gasteiger charge is 2.20. The lowest BCUT2D eigenvalue weighted by Gasteiger charge is -2.15. The molecule has 1 unspecified atom stereocenters. The summed E-state index contributed by atoms with van der Waals surface area (Å²) in [6.07, 6.45) is 0.797. The normalized spacial score (nSPS) is 12.4. The van der Waals surface area contributed by atoms with Gasteiger partial charge in [0.25, 0.3) is 0 Å². The SMILES string of the molecule is CCOc1ccc(C)cc1C(O)c1occc1C. The maximum Gasteiger partial charge on any atom is 0.140 e. The number of hydrogen-bond acceptors (Lipinski definition) is 3. The summed E-state index contributed by atoms with van der Waals surface area (Å²) in [6.45, 7) is 6.40. The van der Waals surface area contributed by atoms with E-state index < -0.39 is 6.10 Å². The molecule has 96 valence electrons. The van der Waals surface area contributed by atoms with E-state index in [1.165, 1.54) is 0 Å². The van der Waals surface area contributed by atoms with Gasteiger partial charge in [-0.2, -0.15) is 0 Å². The molecule has 3 nitrogen and oxygen atoms in total. The third-order valence-electron chi connectivity index (χ3n) is 2.91. The molecule has 2 rings (SSSR count). The Morgan fingerprint density at radius 3 is 2.67 bits per heavy atom. The summed E-state index contributed by atoms with van der Waals surface area (Å²) < 4.78 is 10.9. The molecule has 0 amide bonds. The topological polar surface area (TPSA) is 42.6 Å². The number of furan rings is 1. The Labute approximate surface area is 107 Å². The highest BCUT2D eigenvalue weighted by atomic mass is 16.5. The molecule has 1 aromatic carbocycles. The summed E-state index contributed by atoms with van der Waals surface area (Å²) >= 11 is 0. The van der Waals surface area contributed by atoms with Crippen molar-refractivity contribution in [2.75, 3.05) is 6.61 Å². The van der Waals surface area contributed by atoms with Gasteiger partial charge in [-0.15, -0.1) is 0 Å². The second-order valence-corrected chi connectivity index (χ2v) is 4.34. The van der Waals surface area contributed by atoms with Crippen LogP contribution >= 0.6 is 0 Å². The first-order valence-electron chi connectivity index (χ1n) is 6.09. The van der Waals surface area contributed by atoms with E-state index in [4.69, 9.17) is 9.15 Å². The van der Waals surface area contributed by atoms with Crippen molar-refractivity contribution < 1.29 is 14.3 Å². The Morgan fingerprint density at radius 2 is 2.06 bits per heavy atom. The number of aryl methyl sites for hydroxylation is 2. The van der Waals surface area contributed by atoms with E-state index >= 15 is 0 Å². The summed E-state index contributed by atoms with van der Waals surface area (Å²) in [6, 6.07) is 7.62. The minimum Gasteiger partial charge on any atom is -0.493 e. The van der Waals surface area contributed by atoms with Crippen LogP contribution in [0.3, 0.4) is 0 Å². The van der Waals surface area contributed by atoms with Crippen LogP contribution in [-0.2, 0) is 0 Å². The zero-order valence-corrected chi connectivity index (χ0v) is 10.9. The van der Waals surface area contributed by atoms with Gasteiger partial charge in [0.05, 0.1) is 12.9 Å². The molecule has 1 aromatic heterocycles. The van der Waals surface area contributed by atoms with Crippen molar-refractivity contribution in [2.24, 2.45) is 0 Å². The Hall–Kier alpha value is -1.74. The Balaban J connectivity index is 2.43. The second kappa shape index (κ2) is 5.27. The van der Waals surface area contributed by atoms with Crippen molar-refractivity contribution in [3.8, 4) is 5.75 Å². The molecule has 0 saturated carbocycles. The third-order valence-corrected chi connectivity index (χ3v) is 2.91. The molecule has 1 heterocycles. The molecule has 1 N–H and O–H groups in total. The van der Waals surface area contributed by atoms with Gasteiger partial charge >= 0.3 is 0 Å². The molecule has 0 radical (unpaired) electrons. The van der Waals surface area contributed by atoms with Gasteiger partial charge in [-0.25, -0.2) is 0 Å². The fourth-order valence-corrected chi connectivity index (χ4v) is 1.97. The van der Waals surface area contributed by atoms with Crippen LogP contribution in [0.2, 0.25) is 0 Å². The van der Waals surface area contributed by atoms with Gasteiger partial charge in [-0.3, -0.25) is 0 Å². The molecule has 0 aliphatic heterocycles. The zero-order valence-electron chi connectivity index (χ0n) is 10.9. The van der Waals surface area contributed by atoms with Crippen LogP contribution in [0.4, 0.5) is 0 Å². The van der Waals surface area contributed by atoms with Gasteiger partial charge < -0.3 is 14.3 Å². The van der Waals surface area contributed by atoms with Crippen LogP contribution in [0.1, 0.15) is 35.5 Å². The molecule has 18 heavy (non-hydrogen) atoms. The molecule has 2 aromatic rings. The lowest BCUT2D eigenvalue weighted by Crippen LogP contribution is -2.04. The van der Waals surface area contributed by atoms with Gasteiger partial charge in [-0.1, -0.05) is 11.6 Å². The van der Waals surface area contributed by atoms with Crippen LogP contribution in [0.25, 0.3) is 0 Å². The summed E-state index contributed by atoms with van der Waals surface area (Å²) in [4.78, 5) is 0. The smallest absolute Gasteiger partial charge is 0.140 e. The Kier molecular flexibility index (Phi) is 3.72. The first-order valence-corrected chi connectivity index (χ1v) is 6.09. The predicted molar refractivity (Wildman–Crippen MR) is 69.9 cm³/mol. The molecule has 0 bridgehead atoms. The van der Waals surface area contributed by atoms with Crippen molar-refractivity contribution in [1.29, 1.82) is 0 Å². The van der Waals surface area contributed by atoms with Gasteiger partial charge in [0.1, 0.15) is 17.6 Å². The third kappa shape index (κ3) is 2.41. The molecule has 3 heteroatoms. The van der Waals surface area contributed by atoms with E-state index in [9.17, 15) is 5.11 Å².